The second-order valence-corrected chi connectivity index (χ2v) is 6.30. The number of H-pyrrole nitrogens is 1. The number of ether oxygens (including phenoxy) is 1. The van der Waals surface area contributed by atoms with E-state index in [4.69, 9.17) is 9.26 Å². The fraction of sp³-hybridized carbons (Fsp3) is 0.389. The van der Waals surface area contributed by atoms with Gasteiger partial charge in [0.1, 0.15) is 11.8 Å². The molecule has 1 amide bonds. The molecule has 0 bridgehead atoms. The predicted molar refractivity (Wildman–Crippen MR) is 91.9 cm³/mol. The molecule has 1 aliphatic heterocycles. The number of nitrogens with zero attached hydrogens (tertiary/aromatic N) is 3. The van der Waals surface area contributed by atoms with Gasteiger partial charge in [0, 0.05) is 37.5 Å². The molecule has 7 heteroatoms. The van der Waals surface area contributed by atoms with E-state index in [9.17, 15) is 4.79 Å². The fourth-order valence-electron chi connectivity index (χ4n) is 3.05. The van der Waals surface area contributed by atoms with E-state index in [1.165, 1.54) is 0 Å². The molecule has 4 rings (SSSR count). The van der Waals surface area contributed by atoms with Crippen molar-refractivity contribution in [2.24, 2.45) is 0 Å². The van der Waals surface area contributed by atoms with Crippen LogP contribution in [0.1, 0.15) is 18.7 Å². The molecule has 3 heterocycles. The molecule has 130 valence electrons. The van der Waals surface area contributed by atoms with Gasteiger partial charge in [0.2, 0.25) is 0 Å². The third-order valence-corrected chi connectivity index (χ3v) is 4.48. The lowest BCUT2D eigenvalue weighted by atomic mass is 10.2. The quantitative estimate of drug-likeness (QED) is 0.771. The van der Waals surface area contributed by atoms with Gasteiger partial charge in [0.05, 0.1) is 0 Å². The first kappa shape index (κ1) is 15.8. The Morgan fingerprint density at radius 1 is 1.40 bits per heavy atom. The molecule has 25 heavy (non-hydrogen) atoms. The maximum Gasteiger partial charge on any atom is 0.274 e. The van der Waals surface area contributed by atoms with Gasteiger partial charge in [0.15, 0.2) is 5.82 Å². The topological polar surface area (TPSA) is 84.3 Å². The van der Waals surface area contributed by atoms with Crippen molar-refractivity contribution in [3.63, 3.8) is 0 Å². The largest absolute Gasteiger partial charge is 0.368 e. The minimum Gasteiger partial charge on any atom is -0.368 e. The summed E-state index contributed by atoms with van der Waals surface area (Å²) in [5.41, 5.74) is 1.82. The van der Waals surface area contributed by atoms with E-state index in [0.29, 0.717) is 31.3 Å². The molecule has 1 fully saturated rings. The van der Waals surface area contributed by atoms with E-state index in [2.05, 4.69) is 15.1 Å². The van der Waals surface area contributed by atoms with Crippen LogP contribution in [0.4, 0.5) is 0 Å². The van der Waals surface area contributed by atoms with Crippen molar-refractivity contribution in [1.29, 1.82) is 0 Å². The zero-order valence-electron chi connectivity index (χ0n) is 14.1. The first-order valence-electron chi connectivity index (χ1n) is 8.48. The van der Waals surface area contributed by atoms with E-state index in [0.717, 1.165) is 29.4 Å². The van der Waals surface area contributed by atoms with Crippen LogP contribution in [0.15, 0.2) is 34.9 Å². The third kappa shape index (κ3) is 3.28. The van der Waals surface area contributed by atoms with E-state index in [1.807, 2.05) is 30.3 Å². The maximum absolute atomic E-state index is 12.2. The number of nitrogens with one attached hydrogen (secondary N) is 1. The Morgan fingerprint density at radius 3 is 3.08 bits per heavy atom. The highest BCUT2D eigenvalue weighted by Gasteiger charge is 2.26. The summed E-state index contributed by atoms with van der Waals surface area (Å²) < 4.78 is 10.8. The summed E-state index contributed by atoms with van der Waals surface area (Å²) in [5, 5.41) is 5.11. The summed E-state index contributed by atoms with van der Waals surface area (Å²) in [4.78, 5) is 21.6. The van der Waals surface area contributed by atoms with Crippen molar-refractivity contribution >= 4 is 16.8 Å². The first-order chi connectivity index (χ1) is 12.2. The lowest BCUT2D eigenvalue weighted by Gasteiger charge is -2.19. The molecule has 0 unspecified atom stereocenters. The molecule has 1 saturated heterocycles. The standard InChI is InChI=1S/C18H20N4O3/c1-22(18(23)15-7-4-10-24-15)9-8-16-20-17(25-21-16)14-11-12-5-2-3-6-13(12)19-14/h2-3,5-6,11,15,19H,4,7-10H2,1H3/t15-/m0/s1. The number of rotatable bonds is 5. The molecule has 0 radical (unpaired) electrons. The summed E-state index contributed by atoms with van der Waals surface area (Å²) in [5.74, 6) is 1.07. The van der Waals surface area contributed by atoms with Crippen LogP contribution in [0.2, 0.25) is 0 Å². The van der Waals surface area contributed by atoms with Crippen LogP contribution < -0.4 is 0 Å². The molecule has 3 aromatic rings. The Labute approximate surface area is 145 Å². The van der Waals surface area contributed by atoms with Crippen LogP contribution in [0.3, 0.4) is 0 Å². The van der Waals surface area contributed by atoms with E-state index < -0.39 is 0 Å². The normalized spacial score (nSPS) is 17.2. The van der Waals surface area contributed by atoms with Gasteiger partial charge in [-0.15, -0.1) is 0 Å². The average Bonchev–Trinajstić information content (AvgIpc) is 3.38. The number of para-hydroxylation sites is 1. The van der Waals surface area contributed by atoms with Gasteiger partial charge < -0.3 is 19.1 Å². The van der Waals surface area contributed by atoms with Gasteiger partial charge in [-0.25, -0.2) is 0 Å². The lowest BCUT2D eigenvalue weighted by Crippen LogP contribution is -2.37. The van der Waals surface area contributed by atoms with Gasteiger partial charge in [-0.1, -0.05) is 23.4 Å². The van der Waals surface area contributed by atoms with E-state index >= 15 is 0 Å². The van der Waals surface area contributed by atoms with Gasteiger partial charge in [0.25, 0.3) is 11.8 Å². The zero-order valence-corrected chi connectivity index (χ0v) is 14.1. The van der Waals surface area contributed by atoms with Crippen LogP contribution in [0.25, 0.3) is 22.5 Å². The van der Waals surface area contributed by atoms with Gasteiger partial charge in [-0.05, 0) is 25.0 Å². The number of carbonyl (C=O) groups is 1. The smallest absolute Gasteiger partial charge is 0.274 e. The van der Waals surface area contributed by atoms with Crippen LogP contribution in [0, 0.1) is 0 Å². The van der Waals surface area contributed by atoms with Crippen molar-refractivity contribution in [3.05, 3.63) is 36.2 Å². The number of hydrogen-bond donors (Lipinski definition) is 1. The number of aromatic amines is 1. The highest BCUT2D eigenvalue weighted by atomic mass is 16.5. The van der Waals surface area contributed by atoms with Crippen LogP contribution in [0.5, 0.6) is 0 Å². The Kier molecular flexibility index (Phi) is 4.23. The molecule has 1 atom stereocenters. The third-order valence-electron chi connectivity index (χ3n) is 4.48. The molecule has 0 aliphatic carbocycles. The van der Waals surface area contributed by atoms with Crippen molar-refractivity contribution in [2.45, 2.75) is 25.4 Å². The summed E-state index contributed by atoms with van der Waals surface area (Å²) in [6, 6.07) is 9.97. The number of amides is 1. The van der Waals surface area contributed by atoms with Crippen LogP contribution in [-0.4, -0.2) is 52.2 Å². The zero-order chi connectivity index (χ0) is 17.2. The number of likely N-dealkylation sites (N-methyl/N-ethyl adjacent to an activating group) is 1. The molecular weight excluding hydrogens is 320 g/mol. The number of hydrogen-bond acceptors (Lipinski definition) is 5. The Balaban J connectivity index is 1.40. The molecule has 2 aromatic heterocycles. The van der Waals surface area contributed by atoms with Crippen molar-refractivity contribution in [3.8, 4) is 11.6 Å². The lowest BCUT2D eigenvalue weighted by molar-refractivity contribution is -0.139. The van der Waals surface area contributed by atoms with Gasteiger partial charge in [-0.3, -0.25) is 4.79 Å². The Bertz CT molecular complexity index is 846. The molecule has 0 spiro atoms. The number of aromatic nitrogens is 3. The molecule has 7 nitrogen and oxygen atoms in total. The summed E-state index contributed by atoms with van der Waals surface area (Å²) in [6.45, 7) is 1.20. The number of fused-ring (bicyclic) bond motifs is 1. The molecule has 1 aliphatic rings. The first-order valence-corrected chi connectivity index (χ1v) is 8.48. The second-order valence-electron chi connectivity index (χ2n) is 6.30. The highest BCUT2D eigenvalue weighted by molar-refractivity contribution is 5.84. The average molecular weight is 340 g/mol. The maximum atomic E-state index is 12.2. The van der Waals surface area contributed by atoms with E-state index in [1.54, 1.807) is 11.9 Å². The minimum atomic E-state index is -0.294. The van der Waals surface area contributed by atoms with Crippen molar-refractivity contribution < 1.29 is 14.1 Å². The summed E-state index contributed by atoms with van der Waals surface area (Å²) >= 11 is 0. The van der Waals surface area contributed by atoms with E-state index in [-0.39, 0.29) is 12.0 Å². The molecule has 0 saturated carbocycles. The van der Waals surface area contributed by atoms with Crippen LogP contribution in [-0.2, 0) is 16.0 Å². The SMILES string of the molecule is CN(CCc1noc(-c2cc3ccccc3[nH]2)n1)C(=O)[C@@H]1CCCO1. The predicted octanol–water partition coefficient (Wildman–Crippen LogP) is 2.40. The van der Waals surface area contributed by atoms with Crippen molar-refractivity contribution in [2.75, 3.05) is 20.2 Å². The Morgan fingerprint density at radius 2 is 2.28 bits per heavy atom. The van der Waals surface area contributed by atoms with Gasteiger partial charge >= 0.3 is 0 Å². The van der Waals surface area contributed by atoms with Crippen molar-refractivity contribution in [1.82, 2.24) is 20.0 Å². The number of carbonyl (C=O) groups excluding carboxylic acids is 1. The Hall–Kier alpha value is -2.67. The second kappa shape index (κ2) is 6.68. The monoisotopic (exact) mass is 340 g/mol. The summed E-state index contributed by atoms with van der Waals surface area (Å²) in [6.07, 6.45) is 1.99. The fourth-order valence-corrected chi connectivity index (χ4v) is 3.05. The summed E-state index contributed by atoms with van der Waals surface area (Å²) in [7, 11) is 1.78. The van der Waals surface area contributed by atoms with Crippen LogP contribution >= 0.6 is 0 Å². The molecular formula is C18H20N4O3. The number of benzene rings is 1. The van der Waals surface area contributed by atoms with Gasteiger partial charge in [-0.2, -0.15) is 4.98 Å². The minimum absolute atomic E-state index is 0.0248. The highest BCUT2D eigenvalue weighted by Crippen LogP contribution is 2.22. The molecule has 1 N–H and O–H groups in total. The molecule has 1 aromatic carbocycles.